The number of aliphatic hydroxyl groups is 1. The SMILES string of the molecule is CCC(CSC)NS(=O)(=O)c1cc(CO)n(CC)c1. The summed E-state index contributed by atoms with van der Waals surface area (Å²) in [5.74, 6) is 0.747. The summed E-state index contributed by atoms with van der Waals surface area (Å²) < 4.78 is 29.0. The maximum Gasteiger partial charge on any atom is 0.242 e. The zero-order valence-corrected chi connectivity index (χ0v) is 13.2. The van der Waals surface area contributed by atoms with Crippen molar-refractivity contribution in [1.29, 1.82) is 0 Å². The molecule has 1 atom stereocenters. The monoisotopic (exact) mass is 306 g/mol. The summed E-state index contributed by atoms with van der Waals surface area (Å²) in [5.41, 5.74) is 0.612. The van der Waals surface area contributed by atoms with E-state index in [9.17, 15) is 13.5 Å². The van der Waals surface area contributed by atoms with Crippen LogP contribution in [0.3, 0.4) is 0 Å². The number of rotatable bonds is 8. The molecule has 1 unspecified atom stereocenters. The van der Waals surface area contributed by atoms with Crippen LogP contribution in [0.15, 0.2) is 17.2 Å². The maximum absolute atomic E-state index is 12.3. The van der Waals surface area contributed by atoms with Gasteiger partial charge in [-0.05, 0) is 25.7 Å². The Morgan fingerprint density at radius 2 is 2.16 bits per heavy atom. The molecule has 0 bridgehead atoms. The van der Waals surface area contributed by atoms with Gasteiger partial charge in [0.2, 0.25) is 10.0 Å². The van der Waals surface area contributed by atoms with Gasteiger partial charge in [-0.15, -0.1) is 0 Å². The quantitative estimate of drug-likeness (QED) is 0.762. The fraction of sp³-hybridized carbons (Fsp3) is 0.667. The summed E-state index contributed by atoms with van der Waals surface area (Å²) in [6, 6.07) is 1.46. The molecule has 0 amide bonds. The minimum atomic E-state index is -3.51. The van der Waals surface area contributed by atoms with Gasteiger partial charge < -0.3 is 9.67 Å². The van der Waals surface area contributed by atoms with Crippen LogP contribution in [0.5, 0.6) is 0 Å². The molecule has 0 aliphatic carbocycles. The van der Waals surface area contributed by atoms with E-state index in [1.807, 2.05) is 20.1 Å². The van der Waals surface area contributed by atoms with Crippen molar-refractivity contribution >= 4 is 21.8 Å². The summed E-state index contributed by atoms with van der Waals surface area (Å²) in [7, 11) is -3.51. The molecular weight excluding hydrogens is 284 g/mol. The molecule has 1 aromatic rings. The molecule has 0 fully saturated rings. The van der Waals surface area contributed by atoms with Gasteiger partial charge in [-0.25, -0.2) is 13.1 Å². The molecule has 0 spiro atoms. The van der Waals surface area contributed by atoms with Gasteiger partial charge in [-0.1, -0.05) is 6.92 Å². The van der Waals surface area contributed by atoms with Crippen LogP contribution < -0.4 is 4.72 Å². The van der Waals surface area contributed by atoms with Crippen molar-refractivity contribution in [3.8, 4) is 0 Å². The van der Waals surface area contributed by atoms with Crippen LogP contribution in [0.4, 0.5) is 0 Å². The van der Waals surface area contributed by atoms with Crippen LogP contribution in [0.2, 0.25) is 0 Å². The lowest BCUT2D eigenvalue weighted by atomic mass is 10.3. The molecular formula is C12H22N2O3S2. The molecule has 5 nitrogen and oxygen atoms in total. The van der Waals surface area contributed by atoms with Gasteiger partial charge in [-0.2, -0.15) is 11.8 Å². The van der Waals surface area contributed by atoms with E-state index in [1.54, 1.807) is 22.5 Å². The number of aryl methyl sites for hydroxylation is 1. The van der Waals surface area contributed by atoms with Crippen LogP contribution in [-0.4, -0.2) is 36.1 Å². The zero-order chi connectivity index (χ0) is 14.5. The molecule has 0 aliphatic heterocycles. The molecule has 19 heavy (non-hydrogen) atoms. The Kier molecular flexibility index (Phi) is 6.38. The number of sulfonamides is 1. The van der Waals surface area contributed by atoms with E-state index in [2.05, 4.69) is 4.72 Å². The molecule has 1 aromatic heterocycles. The molecule has 7 heteroatoms. The summed E-state index contributed by atoms with van der Waals surface area (Å²) in [5, 5.41) is 9.20. The highest BCUT2D eigenvalue weighted by molar-refractivity contribution is 7.98. The number of nitrogens with zero attached hydrogens (tertiary/aromatic N) is 1. The normalized spacial score (nSPS) is 13.7. The lowest BCUT2D eigenvalue weighted by molar-refractivity contribution is 0.271. The third-order valence-corrected chi connectivity index (χ3v) is 5.18. The first-order valence-electron chi connectivity index (χ1n) is 6.29. The van der Waals surface area contributed by atoms with Crippen LogP contribution in [0.1, 0.15) is 26.0 Å². The third-order valence-electron chi connectivity index (χ3n) is 2.96. The van der Waals surface area contributed by atoms with E-state index in [-0.39, 0.29) is 17.5 Å². The van der Waals surface area contributed by atoms with Crippen molar-refractivity contribution in [3.05, 3.63) is 18.0 Å². The molecule has 0 aromatic carbocycles. The van der Waals surface area contributed by atoms with Crippen LogP contribution in [-0.2, 0) is 23.2 Å². The lowest BCUT2D eigenvalue weighted by Crippen LogP contribution is -2.35. The average molecular weight is 306 g/mol. The van der Waals surface area contributed by atoms with Crippen LogP contribution in [0, 0.1) is 0 Å². The van der Waals surface area contributed by atoms with E-state index in [0.29, 0.717) is 12.2 Å². The molecule has 110 valence electrons. The molecule has 0 radical (unpaired) electrons. The molecule has 1 heterocycles. The van der Waals surface area contributed by atoms with Gasteiger partial charge in [0.1, 0.15) is 0 Å². The topological polar surface area (TPSA) is 71.3 Å². The third kappa shape index (κ3) is 4.24. The summed E-state index contributed by atoms with van der Waals surface area (Å²) in [4.78, 5) is 0.220. The van der Waals surface area contributed by atoms with Gasteiger partial charge in [0.15, 0.2) is 0 Å². The van der Waals surface area contributed by atoms with Crippen LogP contribution in [0.25, 0.3) is 0 Å². The van der Waals surface area contributed by atoms with Crippen molar-refractivity contribution in [2.75, 3.05) is 12.0 Å². The van der Waals surface area contributed by atoms with E-state index < -0.39 is 10.0 Å². The highest BCUT2D eigenvalue weighted by Crippen LogP contribution is 2.16. The number of hydrogen-bond acceptors (Lipinski definition) is 4. The van der Waals surface area contributed by atoms with Crippen molar-refractivity contribution in [2.24, 2.45) is 0 Å². The predicted molar refractivity (Wildman–Crippen MR) is 78.8 cm³/mol. The largest absolute Gasteiger partial charge is 0.390 e. The second-order valence-corrected chi connectivity index (χ2v) is 6.92. The van der Waals surface area contributed by atoms with E-state index in [0.717, 1.165) is 12.2 Å². The number of hydrogen-bond donors (Lipinski definition) is 2. The standard InChI is InChI=1S/C12H22N2O3S2/c1-4-10(9-18-3)13-19(16,17)12-6-11(8-15)14(5-2)7-12/h6-7,10,13,15H,4-5,8-9H2,1-3H3. The molecule has 0 saturated carbocycles. The smallest absolute Gasteiger partial charge is 0.242 e. The Morgan fingerprint density at radius 1 is 1.47 bits per heavy atom. The first kappa shape index (κ1) is 16.6. The average Bonchev–Trinajstić information content (AvgIpc) is 2.82. The first-order valence-corrected chi connectivity index (χ1v) is 9.17. The van der Waals surface area contributed by atoms with Gasteiger partial charge in [0.25, 0.3) is 0 Å². The van der Waals surface area contributed by atoms with Gasteiger partial charge >= 0.3 is 0 Å². The van der Waals surface area contributed by atoms with Gasteiger partial charge in [0.05, 0.1) is 11.5 Å². The second-order valence-electron chi connectivity index (χ2n) is 4.29. The lowest BCUT2D eigenvalue weighted by Gasteiger charge is -2.15. The summed E-state index contributed by atoms with van der Waals surface area (Å²) in [6.07, 6.45) is 4.27. The molecule has 0 aliphatic rings. The Balaban J connectivity index is 2.96. The van der Waals surface area contributed by atoms with Crippen molar-refractivity contribution in [2.45, 2.75) is 44.4 Å². The molecule has 1 rings (SSSR count). The fourth-order valence-electron chi connectivity index (χ4n) is 1.82. The molecule has 2 N–H and O–H groups in total. The van der Waals surface area contributed by atoms with E-state index in [4.69, 9.17) is 0 Å². The number of thioether (sulfide) groups is 1. The zero-order valence-electron chi connectivity index (χ0n) is 11.6. The van der Waals surface area contributed by atoms with Crippen molar-refractivity contribution in [3.63, 3.8) is 0 Å². The Morgan fingerprint density at radius 3 is 2.58 bits per heavy atom. The predicted octanol–water partition coefficient (Wildman–Crippen LogP) is 1.42. The molecule has 0 saturated heterocycles. The summed E-state index contributed by atoms with van der Waals surface area (Å²) in [6.45, 7) is 4.34. The van der Waals surface area contributed by atoms with Gasteiger partial charge in [-0.3, -0.25) is 0 Å². The number of aliphatic hydroxyl groups excluding tert-OH is 1. The highest BCUT2D eigenvalue weighted by atomic mass is 32.2. The van der Waals surface area contributed by atoms with E-state index >= 15 is 0 Å². The van der Waals surface area contributed by atoms with Crippen LogP contribution >= 0.6 is 11.8 Å². The number of aromatic nitrogens is 1. The second kappa shape index (κ2) is 7.33. The Hall–Kier alpha value is -0.500. The van der Waals surface area contributed by atoms with E-state index in [1.165, 1.54) is 6.07 Å². The summed E-state index contributed by atoms with van der Waals surface area (Å²) >= 11 is 1.62. The van der Waals surface area contributed by atoms with Gasteiger partial charge in [0, 0.05) is 30.2 Å². The van der Waals surface area contributed by atoms with Crippen molar-refractivity contribution < 1.29 is 13.5 Å². The minimum absolute atomic E-state index is 0.0671. The minimum Gasteiger partial charge on any atom is -0.390 e. The Bertz CT molecular complexity index is 476. The first-order chi connectivity index (χ1) is 8.98. The highest BCUT2D eigenvalue weighted by Gasteiger charge is 2.21. The maximum atomic E-state index is 12.3. The van der Waals surface area contributed by atoms with Crippen molar-refractivity contribution in [1.82, 2.24) is 9.29 Å². The number of nitrogens with one attached hydrogen (secondary N) is 1. The Labute approximate surface area is 119 Å². The fourth-order valence-corrected chi connectivity index (χ4v) is 4.03.